The minimum absolute atomic E-state index is 0.0488. The van der Waals surface area contributed by atoms with Crippen LogP contribution in [-0.4, -0.2) is 48.9 Å². The summed E-state index contributed by atoms with van der Waals surface area (Å²) in [4.78, 5) is 26.9. The van der Waals surface area contributed by atoms with Crippen molar-refractivity contribution in [3.8, 4) is 0 Å². The molecule has 2 amide bonds. The Morgan fingerprint density at radius 3 is 2.60 bits per heavy atom. The first-order chi connectivity index (χ1) is 11.9. The van der Waals surface area contributed by atoms with Gasteiger partial charge in [-0.3, -0.25) is 9.59 Å². The topological polar surface area (TPSA) is 61.4 Å². The van der Waals surface area contributed by atoms with Crippen molar-refractivity contribution in [2.75, 3.05) is 26.2 Å². The van der Waals surface area contributed by atoms with Crippen LogP contribution < -0.4 is 10.6 Å². The Morgan fingerprint density at radius 1 is 1.24 bits per heavy atom. The fourth-order valence-corrected chi connectivity index (χ4v) is 4.10. The molecule has 0 radical (unpaired) electrons. The van der Waals surface area contributed by atoms with E-state index in [1.165, 1.54) is 6.42 Å². The first-order valence-corrected chi connectivity index (χ1v) is 9.42. The van der Waals surface area contributed by atoms with E-state index in [0.717, 1.165) is 39.0 Å². The summed E-state index contributed by atoms with van der Waals surface area (Å²) in [5, 5.41) is 6.68. The van der Waals surface area contributed by atoms with Gasteiger partial charge in [0, 0.05) is 19.6 Å². The molecule has 1 spiro atoms. The maximum absolute atomic E-state index is 12.7. The predicted octanol–water partition coefficient (Wildman–Crippen LogP) is 2.71. The molecule has 1 atom stereocenters. The first kappa shape index (κ1) is 18.5. The summed E-state index contributed by atoms with van der Waals surface area (Å²) in [6.07, 6.45) is 3.23. The summed E-state index contributed by atoms with van der Waals surface area (Å²) in [6, 6.07) is 4.28. The lowest BCUT2D eigenvalue weighted by atomic mass is 9.78. The Labute approximate surface area is 158 Å². The first-order valence-electron chi connectivity index (χ1n) is 8.66. The van der Waals surface area contributed by atoms with Crippen molar-refractivity contribution < 1.29 is 9.59 Å². The van der Waals surface area contributed by atoms with Gasteiger partial charge in [0.15, 0.2) is 0 Å². The van der Waals surface area contributed by atoms with E-state index in [-0.39, 0.29) is 22.4 Å². The van der Waals surface area contributed by atoms with Gasteiger partial charge in [-0.05, 0) is 50.3 Å². The van der Waals surface area contributed by atoms with E-state index < -0.39 is 6.04 Å². The number of hydrogen-bond acceptors (Lipinski definition) is 3. The molecule has 2 N–H and O–H groups in total. The van der Waals surface area contributed by atoms with Gasteiger partial charge >= 0.3 is 0 Å². The van der Waals surface area contributed by atoms with Gasteiger partial charge in [0.25, 0.3) is 5.91 Å². The van der Waals surface area contributed by atoms with Crippen LogP contribution >= 0.6 is 23.2 Å². The van der Waals surface area contributed by atoms with Crippen LogP contribution in [0, 0.1) is 5.41 Å². The maximum atomic E-state index is 12.7. The van der Waals surface area contributed by atoms with Gasteiger partial charge < -0.3 is 15.5 Å². The van der Waals surface area contributed by atoms with Gasteiger partial charge in [-0.15, -0.1) is 0 Å². The second-order valence-corrected chi connectivity index (χ2v) is 7.83. The second-order valence-electron chi connectivity index (χ2n) is 7.05. The smallest absolute Gasteiger partial charge is 0.253 e. The van der Waals surface area contributed by atoms with Crippen LogP contribution in [0.3, 0.4) is 0 Å². The molecule has 0 saturated carbocycles. The maximum Gasteiger partial charge on any atom is 0.253 e. The highest BCUT2D eigenvalue weighted by molar-refractivity contribution is 6.43. The second kappa shape index (κ2) is 7.52. The summed E-state index contributed by atoms with van der Waals surface area (Å²) >= 11 is 12.0. The molecule has 2 aliphatic rings. The zero-order chi connectivity index (χ0) is 18.0. The number of amides is 2. The standard InChI is InChI=1S/C18H23Cl2N3O2/c1-12(22-16(24)13-3-2-4-14(19)15(13)20)17(25)23-9-6-18(7-10-23)5-8-21-11-18/h2-4,12,21H,5-11H2,1H3,(H,22,24). The third-order valence-electron chi connectivity index (χ3n) is 5.38. The van der Waals surface area contributed by atoms with E-state index in [1.54, 1.807) is 25.1 Å². The molecule has 2 aliphatic heterocycles. The van der Waals surface area contributed by atoms with Gasteiger partial charge in [-0.2, -0.15) is 0 Å². The Hall–Kier alpha value is -1.30. The summed E-state index contributed by atoms with van der Waals surface area (Å²) in [5.74, 6) is -0.436. The van der Waals surface area contributed by atoms with Crippen molar-refractivity contribution in [2.45, 2.75) is 32.2 Å². The number of halogens is 2. The number of nitrogens with one attached hydrogen (secondary N) is 2. The third kappa shape index (κ3) is 3.94. The molecule has 2 fully saturated rings. The highest BCUT2D eigenvalue weighted by atomic mass is 35.5. The molecule has 1 aromatic rings. The molecule has 1 unspecified atom stereocenters. The van der Waals surface area contributed by atoms with Crippen molar-refractivity contribution >= 4 is 35.0 Å². The van der Waals surface area contributed by atoms with E-state index in [4.69, 9.17) is 23.2 Å². The number of carbonyl (C=O) groups excluding carboxylic acids is 2. The molecular formula is C18H23Cl2N3O2. The van der Waals surface area contributed by atoms with Crippen molar-refractivity contribution in [3.05, 3.63) is 33.8 Å². The average molecular weight is 384 g/mol. The normalized spacial score (nSPS) is 20.5. The largest absolute Gasteiger partial charge is 0.341 e. The number of nitrogens with zero attached hydrogens (tertiary/aromatic N) is 1. The summed E-state index contributed by atoms with van der Waals surface area (Å²) < 4.78 is 0. The van der Waals surface area contributed by atoms with E-state index in [2.05, 4.69) is 10.6 Å². The summed E-state index contributed by atoms with van der Waals surface area (Å²) in [7, 11) is 0. The average Bonchev–Trinajstić information content (AvgIpc) is 3.05. The number of benzene rings is 1. The van der Waals surface area contributed by atoms with Crippen LogP contribution in [0.4, 0.5) is 0 Å². The van der Waals surface area contributed by atoms with Gasteiger partial charge in [-0.1, -0.05) is 29.3 Å². The molecule has 0 bridgehead atoms. The molecule has 136 valence electrons. The SMILES string of the molecule is CC(NC(=O)c1cccc(Cl)c1Cl)C(=O)N1CCC2(CCNC2)CC1. The Kier molecular flexibility index (Phi) is 5.56. The monoisotopic (exact) mass is 383 g/mol. The molecule has 5 nitrogen and oxygen atoms in total. The van der Waals surface area contributed by atoms with Crippen LogP contribution in [-0.2, 0) is 4.79 Å². The zero-order valence-electron chi connectivity index (χ0n) is 14.3. The molecular weight excluding hydrogens is 361 g/mol. The minimum atomic E-state index is -0.599. The molecule has 1 aromatic carbocycles. The Bertz CT molecular complexity index is 664. The van der Waals surface area contributed by atoms with Crippen LogP contribution in [0.1, 0.15) is 36.5 Å². The van der Waals surface area contributed by atoms with Gasteiger partial charge in [0.2, 0.25) is 5.91 Å². The van der Waals surface area contributed by atoms with Crippen molar-refractivity contribution in [2.24, 2.45) is 5.41 Å². The molecule has 2 heterocycles. The van der Waals surface area contributed by atoms with E-state index >= 15 is 0 Å². The van der Waals surface area contributed by atoms with Gasteiger partial charge in [0.05, 0.1) is 15.6 Å². The third-order valence-corrected chi connectivity index (χ3v) is 6.20. The fourth-order valence-electron chi connectivity index (χ4n) is 3.71. The molecule has 7 heteroatoms. The highest BCUT2D eigenvalue weighted by Gasteiger charge is 2.38. The number of rotatable bonds is 3. The number of carbonyl (C=O) groups is 2. The van der Waals surface area contributed by atoms with Crippen LogP contribution in [0.5, 0.6) is 0 Å². The predicted molar refractivity (Wildman–Crippen MR) is 99.1 cm³/mol. The zero-order valence-corrected chi connectivity index (χ0v) is 15.8. The van der Waals surface area contributed by atoms with E-state index in [0.29, 0.717) is 10.4 Å². The lowest BCUT2D eigenvalue weighted by molar-refractivity contribution is -0.135. The van der Waals surface area contributed by atoms with E-state index in [1.807, 2.05) is 4.90 Å². The van der Waals surface area contributed by atoms with Gasteiger partial charge in [-0.25, -0.2) is 0 Å². The molecule has 0 aliphatic carbocycles. The lowest BCUT2D eigenvalue weighted by Gasteiger charge is -2.39. The van der Waals surface area contributed by atoms with Crippen molar-refractivity contribution in [1.82, 2.24) is 15.5 Å². The molecule has 2 saturated heterocycles. The summed E-state index contributed by atoms with van der Waals surface area (Å²) in [5.41, 5.74) is 0.640. The van der Waals surface area contributed by atoms with Gasteiger partial charge in [0.1, 0.15) is 6.04 Å². The molecule has 3 rings (SSSR count). The number of hydrogen-bond donors (Lipinski definition) is 2. The Balaban J connectivity index is 1.57. The van der Waals surface area contributed by atoms with Crippen LogP contribution in [0.2, 0.25) is 10.0 Å². The quantitative estimate of drug-likeness (QED) is 0.843. The lowest BCUT2D eigenvalue weighted by Crippen LogP contribution is -2.51. The van der Waals surface area contributed by atoms with Crippen LogP contribution in [0.15, 0.2) is 18.2 Å². The fraction of sp³-hybridized carbons (Fsp3) is 0.556. The van der Waals surface area contributed by atoms with Crippen molar-refractivity contribution in [1.29, 1.82) is 0 Å². The number of likely N-dealkylation sites (tertiary alicyclic amines) is 1. The van der Waals surface area contributed by atoms with E-state index in [9.17, 15) is 9.59 Å². The van der Waals surface area contributed by atoms with Crippen molar-refractivity contribution in [3.63, 3.8) is 0 Å². The molecule has 25 heavy (non-hydrogen) atoms. The highest BCUT2D eigenvalue weighted by Crippen LogP contribution is 2.37. The molecule has 0 aromatic heterocycles. The summed E-state index contributed by atoms with van der Waals surface area (Å²) in [6.45, 7) is 5.33. The minimum Gasteiger partial charge on any atom is -0.341 e. The Morgan fingerprint density at radius 2 is 1.96 bits per heavy atom. The van der Waals surface area contributed by atoms with Crippen LogP contribution in [0.25, 0.3) is 0 Å². The number of piperidine rings is 1.